The molecule has 0 amide bonds. The smallest absolute Gasteiger partial charge is 0.264 e. The molecule has 2 saturated carbocycles. The molecular weight excluding hydrogens is 420 g/mol. The van der Waals surface area contributed by atoms with Crippen molar-refractivity contribution in [3.63, 3.8) is 0 Å². The van der Waals surface area contributed by atoms with Crippen LogP contribution in [-0.4, -0.2) is 30.3 Å². The van der Waals surface area contributed by atoms with Crippen LogP contribution in [0.5, 0.6) is 0 Å². The first-order chi connectivity index (χ1) is 14.1. The minimum Gasteiger partial charge on any atom is -0.308 e. The number of fused-ring (bicyclic) bond motifs is 5. The number of nitrogens with zero attached hydrogens (tertiary/aromatic N) is 2. The van der Waals surface area contributed by atoms with Gasteiger partial charge in [-0.2, -0.15) is 8.42 Å². The maximum Gasteiger partial charge on any atom is 0.264 e. The second-order valence-corrected chi connectivity index (χ2v) is 12.3. The summed E-state index contributed by atoms with van der Waals surface area (Å²) in [5.41, 5.74) is 3.11. The van der Waals surface area contributed by atoms with E-state index in [9.17, 15) is 8.42 Å². The van der Waals surface area contributed by atoms with Crippen molar-refractivity contribution in [3.8, 4) is 0 Å². The van der Waals surface area contributed by atoms with E-state index in [4.69, 9.17) is 15.8 Å². The Balaban J connectivity index is 1.40. The summed E-state index contributed by atoms with van der Waals surface area (Å²) in [4.78, 5) is 4.23. The predicted molar refractivity (Wildman–Crippen MR) is 118 cm³/mol. The van der Waals surface area contributed by atoms with Crippen LogP contribution in [0.1, 0.15) is 58.8 Å². The zero-order valence-electron chi connectivity index (χ0n) is 18.0. The third kappa shape index (κ3) is 3.21. The lowest BCUT2D eigenvalue weighted by Crippen LogP contribution is -2.50. The molecule has 0 saturated heterocycles. The van der Waals surface area contributed by atoms with Gasteiger partial charge in [-0.3, -0.25) is 4.18 Å². The molecule has 164 valence electrons. The van der Waals surface area contributed by atoms with Gasteiger partial charge >= 0.3 is 0 Å². The Labute approximate surface area is 184 Å². The van der Waals surface area contributed by atoms with Crippen LogP contribution in [0, 0.1) is 28.6 Å². The van der Waals surface area contributed by atoms with E-state index in [-0.39, 0.29) is 16.9 Å². The van der Waals surface area contributed by atoms with Gasteiger partial charge in [0, 0.05) is 17.3 Å². The van der Waals surface area contributed by atoms with Gasteiger partial charge in [-0.05, 0) is 68.1 Å². The Morgan fingerprint density at radius 3 is 2.60 bits per heavy atom. The lowest BCUT2D eigenvalue weighted by atomic mass is 9.48. The van der Waals surface area contributed by atoms with Crippen molar-refractivity contribution >= 4 is 27.4 Å². The van der Waals surface area contributed by atoms with Gasteiger partial charge in [0.1, 0.15) is 11.5 Å². The van der Waals surface area contributed by atoms with Crippen LogP contribution in [0.3, 0.4) is 0 Å². The predicted octanol–water partition coefficient (Wildman–Crippen LogP) is 5.29. The summed E-state index contributed by atoms with van der Waals surface area (Å²) in [5, 5.41) is 0.544. The molecule has 0 spiro atoms. The van der Waals surface area contributed by atoms with Crippen LogP contribution in [0.25, 0.3) is 5.70 Å². The summed E-state index contributed by atoms with van der Waals surface area (Å²) < 4.78 is 30.7. The van der Waals surface area contributed by atoms with Crippen LogP contribution < -0.4 is 0 Å². The maximum atomic E-state index is 11.6. The highest BCUT2D eigenvalue weighted by Crippen LogP contribution is 2.65. The second-order valence-electron chi connectivity index (χ2n) is 10.3. The molecule has 0 bridgehead atoms. The van der Waals surface area contributed by atoms with E-state index in [2.05, 4.69) is 35.6 Å². The number of imidazole rings is 1. The van der Waals surface area contributed by atoms with Crippen molar-refractivity contribution in [1.29, 1.82) is 0 Å². The van der Waals surface area contributed by atoms with E-state index in [0.717, 1.165) is 38.4 Å². The van der Waals surface area contributed by atoms with Crippen molar-refractivity contribution < 1.29 is 12.6 Å². The minimum absolute atomic E-state index is 0.156. The van der Waals surface area contributed by atoms with Crippen LogP contribution in [-0.2, 0) is 14.3 Å². The topological polar surface area (TPSA) is 61.2 Å². The molecule has 30 heavy (non-hydrogen) atoms. The monoisotopic (exact) mass is 450 g/mol. The van der Waals surface area contributed by atoms with Gasteiger partial charge in [0.2, 0.25) is 0 Å². The van der Waals surface area contributed by atoms with Crippen LogP contribution in [0.4, 0.5) is 0 Å². The molecule has 3 unspecified atom stereocenters. The fraction of sp³-hybridized carbons (Fsp3) is 0.696. The number of hydrogen-bond acceptors (Lipinski definition) is 4. The van der Waals surface area contributed by atoms with E-state index in [1.54, 1.807) is 0 Å². The number of hydrogen-bond donors (Lipinski definition) is 0. The van der Waals surface area contributed by atoms with Gasteiger partial charge in [-0.25, -0.2) is 4.98 Å². The van der Waals surface area contributed by atoms with Gasteiger partial charge in [0.25, 0.3) is 10.1 Å². The Kier molecular flexibility index (Phi) is 4.81. The van der Waals surface area contributed by atoms with Gasteiger partial charge < -0.3 is 4.57 Å². The minimum atomic E-state index is -3.41. The van der Waals surface area contributed by atoms with Gasteiger partial charge in [-0.15, -0.1) is 0 Å². The van der Waals surface area contributed by atoms with Gasteiger partial charge in [0.15, 0.2) is 0 Å². The Morgan fingerprint density at radius 2 is 1.90 bits per heavy atom. The third-order valence-corrected chi connectivity index (χ3v) is 9.56. The van der Waals surface area contributed by atoms with Crippen molar-refractivity contribution in [1.82, 2.24) is 9.55 Å². The molecule has 0 radical (unpaired) electrons. The van der Waals surface area contributed by atoms with Gasteiger partial charge in [-0.1, -0.05) is 43.2 Å². The molecule has 0 N–H and O–H groups in total. The molecule has 5 nitrogen and oxygen atoms in total. The average Bonchev–Trinajstić information content (AvgIpc) is 3.23. The molecule has 5 rings (SSSR count). The lowest BCUT2D eigenvalue weighted by Gasteiger charge is -2.57. The lowest BCUT2D eigenvalue weighted by molar-refractivity contribution is -0.0217. The molecule has 0 aromatic carbocycles. The summed E-state index contributed by atoms with van der Waals surface area (Å²) in [6.07, 6.45) is 16.7. The molecule has 4 aliphatic carbocycles. The molecular formula is C23H31ClN2O3S. The number of halogens is 1. The molecule has 6 atom stereocenters. The number of rotatable bonds is 3. The van der Waals surface area contributed by atoms with E-state index >= 15 is 0 Å². The first kappa shape index (κ1) is 20.8. The SMILES string of the molecule is C[C@]12CC[C@H](OS(C)(=O)=O)CC1=CCC1C2CC[C@]2(C)C(n3cnc(Cl)c3)=CCC12. The highest BCUT2D eigenvalue weighted by atomic mass is 35.5. The summed E-state index contributed by atoms with van der Waals surface area (Å²) in [6.45, 7) is 4.85. The normalized spacial score (nSPS) is 40.8. The third-order valence-electron chi connectivity index (χ3n) is 8.74. The molecule has 0 aliphatic heterocycles. The van der Waals surface area contributed by atoms with Gasteiger partial charge in [0.05, 0.1) is 12.4 Å². The molecule has 4 aliphatic rings. The Morgan fingerprint density at radius 1 is 1.13 bits per heavy atom. The fourth-order valence-electron chi connectivity index (χ4n) is 7.33. The first-order valence-electron chi connectivity index (χ1n) is 11.1. The van der Waals surface area contributed by atoms with Crippen molar-refractivity contribution in [2.45, 2.75) is 64.9 Å². The Hall–Kier alpha value is -1.11. The van der Waals surface area contributed by atoms with Crippen molar-refractivity contribution in [2.75, 3.05) is 6.26 Å². The quantitative estimate of drug-likeness (QED) is 0.463. The van der Waals surface area contributed by atoms with Crippen LogP contribution >= 0.6 is 11.6 Å². The molecule has 1 aromatic heterocycles. The van der Waals surface area contributed by atoms with E-state index < -0.39 is 10.1 Å². The highest BCUT2D eigenvalue weighted by Gasteiger charge is 2.57. The second kappa shape index (κ2) is 6.94. The standard InChI is InChI=1S/C23H31ClN2O3S/c1-22-10-8-16(29-30(3,27)28)12-15(22)4-5-17-18-6-7-20(26-13-21(24)25-14-26)23(18,2)11-9-19(17)22/h4,7,13-14,16-19H,5-6,8-12H2,1-3H3/t16-,17?,18?,19?,22-,23-/m0/s1. The average molecular weight is 451 g/mol. The Bertz CT molecular complexity index is 1030. The van der Waals surface area contributed by atoms with E-state index in [0.29, 0.717) is 22.9 Å². The zero-order chi connectivity index (χ0) is 21.3. The summed E-state index contributed by atoms with van der Waals surface area (Å²) in [5.74, 6) is 1.96. The van der Waals surface area contributed by atoms with E-state index in [1.165, 1.54) is 24.1 Å². The van der Waals surface area contributed by atoms with E-state index in [1.807, 2.05) is 12.5 Å². The largest absolute Gasteiger partial charge is 0.308 e. The molecule has 1 aromatic rings. The van der Waals surface area contributed by atoms with Crippen molar-refractivity contribution in [3.05, 3.63) is 35.4 Å². The first-order valence-corrected chi connectivity index (χ1v) is 13.3. The number of aromatic nitrogens is 2. The summed E-state index contributed by atoms with van der Waals surface area (Å²) >= 11 is 6.10. The van der Waals surface area contributed by atoms with Crippen LogP contribution in [0.2, 0.25) is 5.15 Å². The molecule has 7 heteroatoms. The number of allylic oxidation sites excluding steroid dienone is 3. The maximum absolute atomic E-state index is 11.6. The zero-order valence-corrected chi connectivity index (χ0v) is 19.5. The fourth-order valence-corrected chi connectivity index (χ4v) is 8.14. The summed E-state index contributed by atoms with van der Waals surface area (Å²) in [7, 11) is -3.41. The summed E-state index contributed by atoms with van der Waals surface area (Å²) in [6, 6.07) is 0. The molecule has 1 heterocycles. The molecule has 2 fully saturated rings. The highest BCUT2D eigenvalue weighted by molar-refractivity contribution is 7.86. The van der Waals surface area contributed by atoms with Crippen LogP contribution in [0.15, 0.2) is 30.2 Å². The van der Waals surface area contributed by atoms with Crippen molar-refractivity contribution in [2.24, 2.45) is 28.6 Å².